The van der Waals surface area contributed by atoms with Gasteiger partial charge in [0, 0.05) is 33.3 Å². The third-order valence-electron chi connectivity index (χ3n) is 12.7. The van der Waals surface area contributed by atoms with Gasteiger partial charge in [0.25, 0.3) is 0 Å². The fourth-order valence-electron chi connectivity index (χ4n) is 10.3. The summed E-state index contributed by atoms with van der Waals surface area (Å²) < 4.78 is 13.6. The smallest absolute Gasteiger partial charge is 0.143 e. The van der Waals surface area contributed by atoms with E-state index in [0.29, 0.717) is 0 Å². The van der Waals surface area contributed by atoms with Crippen LogP contribution in [0.3, 0.4) is 0 Å². The minimum atomic E-state index is -0.589. The van der Waals surface area contributed by atoms with Crippen molar-refractivity contribution in [3.63, 3.8) is 0 Å². The number of benzene rings is 10. The van der Waals surface area contributed by atoms with Gasteiger partial charge in [-0.2, -0.15) is 0 Å². The molecule has 2 heterocycles. The highest BCUT2D eigenvalue weighted by atomic mass is 16.5. The molecule has 1 spiro atoms. The summed E-state index contributed by atoms with van der Waals surface area (Å²) in [6.45, 7) is 0. The second-order valence-corrected chi connectivity index (χ2v) is 15.6. The van der Waals surface area contributed by atoms with E-state index in [2.05, 4.69) is 205 Å². The molecule has 0 N–H and O–H groups in total. The highest BCUT2D eigenvalue weighted by Crippen LogP contribution is 2.62. The fourth-order valence-corrected chi connectivity index (χ4v) is 10.3. The van der Waals surface area contributed by atoms with Crippen molar-refractivity contribution in [3.8, 4) is 22.6 Å². The van der Waals surface area contributed by atoms with Crippen LogP contribution in [0.1, 0.15) is 22.3 Å². The summed E-state index contributed by atoms with van der Waals surface area (Å²) >= 11 is 0. The Hall–Kier alpha value is -7.62. The molecule has 13 rings (SSSR count). The Bertz CT molecular complexity index is 3480. The first kappa shape index (κ1) is 31.6. The van der Waals surface area contributed by atoms with Crippen molar-refractivity contribution in [2.45, 2.75) is 5.41 Å². The van der Waals surface area contributed by atoms with E-state index < -0.39 is 5.41 Å². The number of nitrogens with zero attached hydrogens (tertiary/aromatic N) is 1. The minimum absolute atomic E-state index is 0.589. The van der Waals surface area contributed by atoms with Crippen molar-refractivity contribution >= 4 is 71.3 Å². The standard InChI is InChI=1S/C55H33NO2/c1-3-14-39-34(12-1)24-25-36-32-37(27-30-40(36)39)56(49-21-11-23-52-53(49)44-29-26-35-13-2-4-15-41(35)54(44)58-52)38-28-31-51-48(33-38)55(47-20-9-10-22-50(47)57-51)45-18-7-5-16-42(45)43-17-6-8-19-46(43)55/h1-33H. The molecule has 0 amide bonds. The molecule has 0 radical (unpaired) electrons. The predicted molar refractivity (Wildman–Crippen MR) is 238 cm³/mol. The van der Waals surface area contributed by atoms with E-state index in [0.717, 1.165) is 72.4 Å². The molecule has 0 unspecified atom stereocenters. The van der Waals surface area contributed by atoms with Gasteiger partial charge in [0.15, 0.2) is 0 Å². The topological polar surface area (TPSA) is 25.6 Å². The Morgan fingerprint density at radius 2 is 0.966 bits per heavy atom. The molecule has 58 heavy (non-hydrogen) atoms. The largest absolute Gasteiger partial charge is 0.457 e. The van der Waals surface area contributed by atoms with Gasteiger partial charge in [-0.25, -0.2) is 0 Å². The summed E-state index contributed by atoms with van der Waals surface area (Å²) in [7, 11) is 0. The molecule has 0 bridgehead atoms. The van der Waals surface area contributed by atoms with Crippen LogP contribution in [0.2, 0.25) is 0 Å². The first-order chi connectivity index (χ1) is 28.8. The maximum Gasteiger partial charge on any atom is 0.143 e. The molecule has 1 aliphatic heterocycles. The van der Waals surface area contributed by atoms with Gasteiger partial charge in [-0.3, -0.25) is 0 Å². The first-order valence-electron chi connectivity index (χ1n) is 19.9. The molecular formula is C55H33NO2. The second kappa shape index (κ2) is 11.7. The Morgan fingerprint density at radius 1 is 0.379 bits per heavy atom. The van der Waals surface area contributed by atoms with Crippen molar-refractivity contribution < 1.29 is 9.15 Å². The molecule has 1 aliphatic carbocycles. The Balaban J connectivity index is 1.12. The minimum Gasteiger partial charge on any atom is -0.457 e. The van der Waals surface area contributed by atoms with Gasteiger partial charge in [0.1, 0.15) is 22.7 Å². The third kappa shape index (κ3) is 4.17. The highest BCUT2D eigenvalue weighted by Gasteiger charge is 2.51. The normalized spacial score (nSPS) is 13.4. The molecule has 1 aromatic heterocycles. The average molecular weight is 740 g/mol. The quantitative estimate of drug-likeness (QED) is 0.169. The molecular weight excluding hydrogens is 707 g/mol. The van der Waals surface area contributed by atoms with E-state index in [9.17, 15) is 0 Å². The van der Waals surface area contributed by atoms with Crippen LogP contribution in [0.15, 0.2) is 205 Å². The predicted octanol–water partition coefficient (Wildman–Crippen LogP) is 15.0. The average Bonchev–Trinajstić information content (AvgIpc) is 3.82. The molecule has 2 aliphatic rings. The molecule has 0 fully saturated rings. The van der Waals surface area contributed by atoms with Crippen LogP contribution in [-0.2, 0) is 5.41 Å². The summed E-state index contributed by atoms with van der Waals surface area (Å²) in [6, 6.07) is 72.5. The fraction of sp³-hybridized carbons (Fsp3) is 0.0182. The Kier molecular flexibility index (Phi) is 6.37. The van der Waals surface area contributed by atoms with Gasteiger partial charge < -0.3 is 14.1 Å². The number of rotatable bonds is 3. The van der Waals surface area contributed by atoms with Crippen LogP contribution in [0.25, 0.3) is 65.4 Å². The summed E-state index contributed by atoms with van der Waals surface area (Å²) in [6.07, 6.45) is 0. The van der Waals surface area contributed by atoms with Crippen molar-refractivity contribution in [1.82, 2.24) is 0 Å². The molecule has 270 valence electrons. The number of furan rings is 1. The van der Waals surface area contributed by atoms with Crippen molar-refractivity contribution in [3.05, 3.63) is 222 Å². The Morgan fingerprint density at radius 3 is 1.79 bits per heavy atom. The van der Waals surface area contributed by atoms with Crippen LogP contribution in [0.5, 0.6) is 11.5 Å². The number of ether oxygens (including phenoxy) is 1. The SMILES string of the molecule is c1ccc2c(c1)Oc1ccc(N(c3ccc4c(ccc5ccccc54)c3)c3cccc4oc5c6ccccc6ccc5c34)cc1C21c2ccccc2-c2ccccc21. The molecule has 0 atom stereocenters. The van der Waals surface area contributed by atoms with Crippen LogP contribution in [0, 0.1) is 0 Å². The van der Waals surface area contributed by atoms with E-state index in [1.54, 1.807) is 0 Å². The van der Waals surface area contributed by atoms with Crippen LogP contribution in [0.4, 0.5) is 17.1 Å². The van der Waals surface area contributed by atoms with Gasteiger partial charge in [-0.15, -0.1) is 0 Å². The lowest BCUT2D eigenvalue weighted by molar-refractivity contribution is 0.436. The Labute approximate surface area is 334 Å². The molecule has 3 nitrogen and oxygen atoms in total. The van der Waals surface area contributed by atoms with Crippen LogP contribution in [-0.4, -0.2) is 0 Å². The number of para-hydroxylation sites is 1. The maximum absolute atomic E-state index is 6.86. The lowest BCUT2D eigenvalue weighted by Crippen LogP contribution is -2.32. The van der Waals surface area contributed by atoms with Gasteiger partial charge in [0.2, 0.25) is 0 Å². The lowest BCUT2D eigenvalue weighted by atomic mass is 9.66. The summed E-state index contributed by atoms with van der Waals surface area (Å²) in [5, 5.41) is 9.33. The van der Waals surface area contributed by atoms with E-state index >= 15 is 0 Å². The highest BCUT2D eigenvalue weighted by molar-refractivity contribution is 6.20. The molecule has 10 aromatic carbocycles. The maximum atomic E-state index is 6.86. The number of fused-ring (bicyclic) bond motifs is 17. The van der Waals surface area contributed by atoms with Crippen LogP contribution >= 0.6 is 0 Å². The second-order valence-electron chi connectivity index (χ2n) is 15.6. The first-order valence-corrected chi connectivity index (χ1v) is 19.9. The summed E-state index contributed by atoms with van der Waals surface area (Å²) in [4.78, 5) is 2.42. The van der Waals surface area contributed by atoms with Gasteiger partial charge >= 0.3 is 0 Å². The van der Waals surface area contributed by atoms with E-state index in [1.807, 2.05) is 0 Å². The van der Waals surface area contributed by atoms with Crippen molar-refractivity contribution in [2.24, 2.45) is 0 Å². The van der Waals surface area contributed by atoms with Crippen molar-refractivity contribution in [2.75, 3.05) is 4.90 Å². The zero-order valence-electron chi connectivity index (χ0n) is 31.3. The molecule has 0 saturated heterocycles. The number of hydrogen-bond donors (Lipinski definition) is 0. The number of anilines is 3. The van der Waals surface area contributed by atoms with E-state index in [1.165, 1.54) is 43.8 Å². The zero-order chi connectivity index (χ0) is 38.0. The number of hydrogen-bond acceptors (Lipinski definition) is 3. The van der Waals surface area contributed by atoms with Gasteiger partial charge in [-0.1, -0.05) is 146 Å². The molecule has 3 heteroatoms. The van der Waals surface area contributed by atoms with Gasteiger partial charge in [-0.05, 0) is 104 Å². The van der Waals surface area contributed by atoms with Crippen LogP contribution < -0.4 is 9.64 Å². The monoisotopic (exact) mass is 739 g/mol. The summed E-state index contributed by atoms with van der Waals surface area (Å²) in [5.41, 5.74) is 11.6. The lowest BCUT2D eigenvalue weighted by Gasteiger charge is -2.40. The molecule has 11 aromatic rings. The van der Waals surface area contributed by atoms with E-state index in [-0.39, 0.29) is 0 Å². The van der Waals surface area contributed by atoms with E-state index in [4.69, 9.17) is 9.15 Å². The summed E-state index contributed by atoms with van der Waals surface area (Å²) in [5.74, 6) is 1.74. The third-order valence-corrected chi connectivity index (χ3v) is 12.7. The van der Waals surface area contributed by atoms with Gasteiger partial charge in [0.05, 0.1) is 16.5 Å². The molecule has 0 saturated carbocycles. The zero-order valence-corrected chi connectivity index (χ0v) is 31.3. The van der Waals surface area contributed by atoms with Crippen molar-refractivity contribution in [1.29, 1.82) is 0 Å².